The van der Waals surface area contributed by atoms with Crippen LogP contribution in [0, 0.1) is 17.1 Å². The van der Waals surface area contributed by atoms with E-state index in [4.69, 9.17) is 5.73 Å². The molecule has 0 saturated carbocycles. The molecule has 3 heterocycles. The van der Waals surface area contributed by atoms with Crippen molar-refractivity contribution in [1.29, 1.82) is 5.26 Å². The molecular weight excluding hydrogens is 369 g/mol. The minimum atomic E-state index is -0.293. The fourth-order valence-electron chi connectivity index (χ4n) is 5.12. The predicted octanol–water partition coefficient (Wildman–Crippen LogP) is 2.00. The molecule has 4 rings (SSSR count). The lowest BCUT2D eigenvalue weighted by Gasteiger charge is -2.39. The van der Waals surface area contributed by atoms with Crippen LogP contribution in [-0.4, -0.2) is 64.4 Å². The predicted molar refractivity (Wildman–Crippen MR) is 108 cm³/mol. The Bertz CT molecular complexity index is 835. The number of carbonyl (C=O) groups is 1. The topological polar surface area (TPSA) is 76.6 Å². The molecule has 3 aliphatic rings. The van der Waals surface area contributed by atoms with Crippen LogP contribution in [0.5, 0.6) is 0 Å². The Labute approximate surface area is 171 Å². The Morgan fingerprint density at radius 3 is 2.79 bits per heavy atom. The van der Waals surface area contributed by atoms with Gasteiger partial charge in [0, 0.05) is 31.4 Å². The van der Waals surface area contributed by atoms with Crippen LogP contribution >= 0.6 is 0 Å². The molecule has 5 atom stereocenters. The molecule has 0 aliphatic carbocycles. The number of likely N-dealkylation sites (tertiary alicyclic amines) is 3. The largest absolute Gasteiger partial charge is 0.358 e. The van der Waals surface area contributed by atoms with Gasteiger partial charge in [-0.3, -0.25) is 9.69 Å². The Balaban J connectivity index is 1.39. The Morgan fingerprint density at radius 1 is 1.41 bits per heavy atom. The monoisotopic (exact) mass is 397 g/mol. The fourth-order valence-corrected chi connectivity index (χ4v) is 5.12. The molecule has 3 fully saturated rings. The van der Waals surface area contributed by atoms with Crippen LogP contribution in [-0.2, 0) is 4.79 Å². The summed E-state index contributed by atoms with van der Waals surface area (Å²) in [6, 6.07) is 8.17. The second kappa shape index (κ2) is 7.77. The zero-order valence-corrected chi connectivity index (χ0v) is 16.8. The third kappa shape index (κ3) is 3.52. The van der Waals surface area contributed by atoms with E-state index in [0.717, 1.165) is 43.6 Å². The van der Waals surface area contributed by atoms with E-state index in [1.165, 1.54) is 12.1 Å². The summed E-state index contributed by atoms with van der Waals surface area (Å²) in [5.41, 5.74) is 8.16. The molecule has 2 N–H and O–H groups in total. The minimum absolute atomic E-state index is 0.0788. The second-order valence-electron chi connectivity index (χ2n) is 8.41. The SMILES string of the molecule is C=C(C(N)CN1C[C@@H]2CC1C(=O)N2[C@@H](C)c1ccc(F)cc1)N1CCCC1C#N. The van der Waals surface area contributed by atoms with Gasteiger partial charge in [-0.15, -0.1) is 0 Å². The maximum Gasteiger partial charge on any atom is 0.240 e. The first-order valence-corrected chi connectivity index (χ1v) is 10.3. The van der Waals surface area contributed by atoms with Gasteiger partial charge >= 0.3 is 0 Å². The first-order chi connectivity index (χ1) is 13.9. The van der Waals surface area contributed by atoms with E-state index in [0.29, 0.717) is 6.54 Å². The minimum Gasteiger partial charge on any atom is -0.358 e. The number of benzene rings is 1. The van der Waals surface area contributed by atoms with E-state index >= 15 is 0 Å². The molecule has 3 aliphatic heterocycles. The number of nitrogens with two attached hydrogens (primary N) is 1. The molecule has 1 aromatic carbocycles. The van der Waals surface area contributed by atoms with Crippen molar-refractivity contribution in [1.82, 2.24) is 14.7 Å². The lowest BCUT2D eigenvalue weighted by Crippen LogP contribution is -2.54. The molecule has 1 aromatic rings. The van der Waals surface area contributed by atoms with Gasteiger partial charge in [0.1, 0.15) is 11.9 Å². The summed E-state index contributed by atoms with van der Waals surface area (Å²) in [5.74, 6) is -0.154. The van der Waals surface area contributed by atoms with Gasteiger partial charge in [0.25, 0.3) is 0 Å². The number of fused-ring (bicyclic) bond motifs is 2. The van der Waals surface area contributed by atoms with Gasteiger partial charge < -0.3 is 15.5 Å². The van der Waals surface area contributed by atoms with E-state index in [-0.39, 0.29) is 41.9 Å². The van der Waals surface area contributed by atoms with Gasteiger partial charge in [-0.1, -0.05) is 18.7 Å². The van der Waals surface area contributed by atoms with Crippen molar-refractivity contribution in [3.8, 4) is 6.07 Å². The average Bonchev–Trinajstić information content (AvgIpc) is 3.41. The highest BCUT2D eigenvalue weighted by Crippen LogP contribution is 2.38. The summed E-state index contributed by atoms with van der Waals surface area (Å²) in [7, 11) is 0. The van der Waals surface area contributed by atoms with Crippen molar-refractivity contribution in [3.05, 3.63) is 47.9 Å². The first kappa shape index (κ1) is 19.9. The molecule has 0 aromatic heterocycles. The first-order valence-electron chi connectivity index (χ1n) is 10.3. The van der Waals surface area contributed by atoms with E-state index < -0.39 is 0 Å². The number of halogens is 1. The van der Waals surface area contributed by atoms with Gasteiger partial charge in [0.2, 0.25) is 5.91 Å². The van der Waals surface area contributed by atoms with E-state index in [1.54, 1.807) is 12.1 Å². The van der Waals surface area contributed by atoms with Crippen molar-refractivity contribution in [2.24, 2.45) is 5.73 Å². The number of amides is 1. The number of hydrogen-bond donors (Lipinski definition) is 1. The molecule has 6 nitrogen and oxygen atoms in total. The van der Waals surface area contributed by atoms with Crippen LogP contribution in [0.25, 0.3) is 0 Å². The zero-order valence-electron chi connectivity index (χ0n) is 16.8. The Morgan fingerprint density at radius 2 is 2.14 bits per heavy atom. The van der Waals surface area contributed by atoms with Crippen LogP contribution in [0.15, 0.2) is 36.5 Å². The van der Waals surface area contributed by atoms with Crippen molar-refractivity contribution in [2.75, 3.05) is 19.6 Å². The number of carbonyl (C=O) groups excluding carboxylic acids is 1. The number of nitriles is 1. The zero-order chi connectivity index (χ0) is 20.7. The van der Waals surface area contributed by atoms with Crippen molar-refractivity contribution >= 4 is 5.91 Å². The molecule has 29 heavy (non-hydrogen) atoms. The van der Waals surface area contributed by atoms with Crippen molar-refractivity contribution < 1.29 is 9.18 Å². The molecular formula is C22H28FN5O. The summed E-state index contributed by atoms with van der Waals surface area (Å²) in [4.78, 5) is 19.2. The maximum atomic E-state index is 13.2. The van der Waals surface area contributed by atoms with Crippen LogP contribution in [0.1, 0.15) is 37.8 Å². The lowest BCUT2D eigenvalue weighted by molar-refractivity contribution is -0.139. The van der Waals surface area contributed by atoms with Crippen LogP contribution in [0.3, 0.4) is 0 Å². The fraction of sp³-hybridized carbons (Fsp3) is 0.545. The highest BCUT2D eigenvalue weighted by Gasteiger charge is 2.51. The molecule has 0 spiro atoms. The van der Waals surface area contributed by atoms with Gasteiger partial charge in [-0.2, -0.15) is 5.26 Å². The summed E-state index contributed by atoms with van der Waals surface area (Å²) < 4.78 is 13.2. The summed E-state index contributed by atoms with van der Waals surface area (Å²) in [6.07, 6.45) is 2.63. The smallest absolute Gasteiger partial charge is 0.240 e. The van der Waals surface area contributed by atoms with Gasteiger partial charge in [0.05, 0.1) is 24.2 Å². The third-order valence-corrected chi connectivity index (χ3v) is 6.71. The van der Waals surface area contributed by atoms with Crippen molar-refractivity contribution in [3.63, 3.8) is 0 Å². The van der Waals surface area contributed by atoms with Crippen molar-refractivity contribution in [2.45, 2.75) is 56.4 Å². The lowest BCUT2D eigenvalue weighted by atomic mass is 10.1. The molecule has 0 radical (unpaired) electrons. The number of hydrogen-bond acceptors (Lipinski definition) is 5. The normalized spacial score (nSPS) is 28.6. The second-order valence-corrected chi connectivity index (χ2v) is 8.41. The number of nitrogens with zero attached hydrogens (tertiary/aromatic N) is 4. The summed E-state index contributed by atoms with van der Waals surface area (Å²) >= 11 is 0. The summed E-state index contributed by atoms with van der Waals surface area (Å²) in [5, 5.41) is 9.31. The average molecular weight is 397 g/mol. The van der Waals surface area contributed by atoms with Gasteiger partial charge in [-0.05, 0) is 43.9 Å². The molecule has 1 amide bonds. The number of rotatable bonds is 6. The number of piperazine rings is 1. The highest BCUT2D eigenvalue weighted by molar-refractivity contribution is 5.86. The van der Waals surface area contributed by atoms with Gasteiger partial charge in [-0.25, -0.2) is 4.39 Å². The Hall–Kier alpha value is -2.43. The van der Waals surface area contributed by atoms with Crippen LogP contribution < -0.4 is 5.73 Å². The molecule has 7 heteroatoms. The molecule has 2 bridgehead atoms. The van der Waals surface area contributed by atoms with Crippen LogP contribution in [0.4, 0.5) is 4.39 Å². The molecule has 3 unspecified atom stereocenters. The summed E-state index contributed by atoms with van der Waals surface area (Å²) in [6.45, 7) is 8.31. The quantitative estimate of drug-likeness (QED) is 0.795. The van der Waals surface area contributed by atoms with Crippen LogP contribution in [0.2, 0.25) is 0 Å². The van der Waals surface area contributed by atoms with E-state index in [9.17, 15) is 14.4 Å². The van der Waals surface area contributed by atoms with E-state index in [2.05, 4.69) is 17.5 Å². The Kier molecular flexibility index (Phi) is 5.32. The highest BCUT2D eigenvalue weighted by atomic mass is 19.1. The maximum absolute atomic E-state index is 13.2. The molecule has 3 saturated heterocycles. The van der Waals surface area contributed by atoms with E-state index in [1.807, 2.05) is 16.7 Å². The van der Waals surface area contributed by atoms with Gasteiger partial charge in [0.15, 0.2) is 0 Å². The molecule has 154 valence electrons. The standard InChI is InChI=1S/C22H28FN5O/c1-14(16-5-7-17(23)8-6-16)28-19-10-21(22(28)29)26(12-19)13-20(25)15(2)27-9-3-4-18(27)11-24/h5-8,14,18-21H,2-4,9-10,12-13,25H2,1H3/t14-,18?,19-,20?,21?/m0/s1. The third-order valence-electron chi connectivity index (χ3n) is 6.71.